The Kier molecular flexibility index (Phi) is 7.69. The highest BCUT2D eigenvalue weighted by Crippen LogP contribution is 2.38. The first-order valence-electron chi connectivity index (χ1n) is 12.8. The number of likely N-dealkylation sites (tertiary alicyclic amines) is 1. The van der Waals surface area contributed by atoms with E-state index in [1.807, 2.05) is 0 Å². The van der Waals surface area contributed by atoms with Gasteiger partial charge in [0.25, 0.3) is 0 Å². The number of carbonyl (C=O) groups excluding carboxylic acids is 1. The molecule has 2 aliphatic rings. The summed E-state index contributed by atoms with van der Waals surface area (Å²) < 4.78 is 63.4. The topological polar surface area (TPSA) is 96.5 Å². The summed E-state index contributed by atoms with van der Waals surface area (Å²) >= 11 is 6.45. The van der Waals surface area contributed by atoms with Crippen LogP contribution in [0.2, 0.25) is 5.02 Å². The molecule has 0 aliphatic carbocycles. The Morgan fingerprint density at radius 2 is 1.90 bits per heavy atom. The number of amides is 1. The SMILES string of the molecule is CC(C)(C)OC(=O)N1CC(F)C(n2c(O)c(C(Cc3ccc(Cl)cc3C(F)(F)F)=c3ccc4c(c3)C=NN=4)sc2=O)C1. The lowest BCUT2D eigenvalue weighted by molar-refractivity contribution is -0.138. The van der Waals surface area contributed by atoms with Crippen LogP contribution >= 0.6 is 22.9 Å². The molecule has 1 N–H and O–H groups in total. The third-order valence-electron chi connectivity index (χ3n) is 6.78. The highest BCUT2D eigenvalue weighted by Gasteiger charge is 2.41. The first-order chi connectivity index (χ1) is 19.6. The molecule has 1 aromatic heterocycles. The molecular weight excluding hydrogens is 600 g/mol. The van der Waals surface area contributed by atoms with Gasteiger partial charge in [-0.25, -0.2) is 9.18 Å². The molecule has 8 nitrogen and oxygen atoms in total. The zero-order valence-corrected chi connectivity index (χ0v) is 24.1. The first kappa shape index (κ1) is 29.8. The number of aromatic hydroxyl groups is 1. The fourth-order valence-corrected chi connectivity index (χ4v) is 6.06. The van der Waals surface area contributed by atoms with Crippen LogP contribution in [0.4, 0.5) is 22.4 Å². The molecule has 1 amide bonds. The number of hydrogen-bond acceptors (Lipinski definition) is 7. The van der Waals surface area contributed by atoms with Crippen molar-refractivity contribution < 1.29 is 32.2 Å². The minimum atomic E-state index is -4.73. The van der Waals surface area contributed by atoms with Crippen LogP contribution in [0.15, 0.2) is 51.4 Å². The van der Waals surface area contributed by atoms with Crippen LogP contribution in [0.25, 0.3) is 5.57 Å². The maximum Gasteiger partial charge on any atom is 0.416 e. The summed E-state index contributed by atoms with van der Waals surface area (Å²) in [6.07, 6.45) is -6.08. The number of nitrogens with zero attached hydrogens (tertiary/aromatic N) is 4. The minimum absolute atomic E-state index is 0.0298. The molecule has 0 spiro atoms. The number of ether oxygens (including phenoxy) is 1. The standard InChI is InChI=1S/C28H25ClF4N4O4S/c1-27(2,3)41-25(39)36-12-20(30)22(13-36)37-24(38)23(42-26(37)40)18(14-5-7-21-16(8-14)11-34-35-21)9-15-4-6-17(29)10-19(15)28(31,32)33/h4-8,10-11,20,22,38H,9,12-13H2,1-3H3. The summed E-state index contributed by atoms with van der Waals surface area (Å²) in [5.74, 6) is -0.611. The van der Waals surface area contributed by atoms with Crippen molar-refractivity contribution in [3.63, 3.8) is 0 Å². The Balaban J connectivity index is 1.62. The molecular formula is C28H25ClF4N4O4S. The second-order valence-electron chi connectivity index (χ2n) is 10.9. The van der Waals surface area contributed by atoms with Crippen molar-refractivity contribution in [3.05, 3.63) is 83.2 Å². The van der Waals surface area contributed by atoms with Gasteiger partial charge in [-0.1, -0.05) is 35.1 Å². The van der Waals surface area contributed by atoms with Gasteiger partial charge in [0.15, 0.2) is 0 Å². The fourth-order valence-electron chi connectivity index (χ4n) is 4.89. The Morgan fingerprint density at radius 3 is 2.60 bits per heavy atom. The van der Waals surface area contributed by atoms with Gasteiger partial charge < -0.3 is 14.7 Å². The van der Waals surface area contributed by atoms with Crippen LogP contribution in [0.1, 0.15) is 48.4 Å². The Labute approximate surface area is 245 Å². The summed E-state index contributed by atoms with van der Waals surface area (Å²) in [5.41, 5.74) is -1.15. The van der Waals surface area contributed by atoms with E-state index in [-0.39, 0.29) is 40.5 Å². The van der Waals surface area contributed by atoms with E-state index in [1.54, 1.807) is 39.0 Å². The number of alkyl halides is 4. The van der Waals surface area contributed by atoms with Gasteiger partial charge in [-0.15, -0.1) is 0 Å². The lowest BCUT2D eigenvalue weighted by Gasteiger charge is -2.24. The number of aromatic nitrogens is 1. The fraction of sp³-hybridized carbons (Fsp3) is 0.357. The van der Waals surface area contributed by atoms with E-state index in [0.717, 1.165) is 15.5 Å². The number of rotatable bonds is 4. The van der Waals surface area contributed by atoms with Crippen molar-refractivity contribution in [1.82, 2.24) is 9.47 Å². The zero-order chi connectivity index (χ0) is 30.6. The molecule has 42 heavy (non-hydrogen) atoms. The van der Waals surface area contributed by atoms with Crippen molar-refractivity contribution in [2.24, 2.45) is 10.2 Å². The van der Waals surface area contributed by atoms with Crippen molar-refractivity contribution in [3.8, 4) is 5.88 Å². The van der Waals surface area contributed by atoms with Gasteiger partial charge >= 0.3 is 17.1 Å². The minimum Gasteiger partial charge on any atom is -0.493 e. The van der Waals surface area contributed by atoms with Crippen LogP contribution in [-0.4, -0.2) is 51.7 Å². The lowest BCUT2D eigenvalue weighted by Crippen LogP contribution is -2.36. The maximum absolute atomic E-state index is 15.2. The van der Waals surface area contributed by atoms with Crippen molar-refractivity contribution in [2.45, 2.75) is 51.2 Å². The summed E-state index contributed by atoms with van der Waals surface area (Å²) in [4.78, 5) is 26.1. The average molecular weight is 625 g/mol. The normalized spacial score (nSPS) is 19.1. The molecule has 222 valence electrons. The molecule has 2 unspecified atom stereocenters. The van der Waals surface area contributed by atoms with Crippen LogP contribution < -0.4 is 15.4 Å². The van der Waals surface area contributed by atoms with E-state index in [9.17, 15) is 27.9 Å². The van der Waals surface area contributed by atoms with E-state index in [1.165, 1.54) is 18.3 Å². The lowest BCUT2D eigenvalue weighted by atomic mass is 9.96. The van der Waals surface area contributed by atoms with Crippen molar-refractivity contribution in [2.75, 3.05) is 13.1 Å². The monoisotopic (exact) mass is 624 g/mol. The number of fused-ring (bicyclic) bond motifs is 1. The molecule has 3 heterocycles. The number of hydrogen-bond donors (Lipinski definition) is 1. The molecule has 2 atom stereocenters. The molecule has 1 saturated heterocycles. The Bertz CT molecular complexity index is 1780. The van der Waals surface area contributed by atoms with E-state index in [2.05, 4.69) is 10.2 Å². The van der Waals surface area contributed by atoms with Gasteiger partial charge in [-0.2, -0.15) is 23.4 Å². The number of thiazole rings is 1. The van der Waals surface area contributed by atoms with Crippen LogP contribution in [0.5, 0.6) is 5.88 Å². The molecule has 2 aliphatic heterocycles. The summed E-state index contributed by atoms with van der Waals surface area (Å²) in [7, 11) is 0. The van der Waals surface area contributed by atoms with Crippen molar-refractivity contribution in [1.29, 1.82) is 0 Å². The second kappa shape index (κ2) is 10.8. The molecule has 0 radical (unpaired) electrons. The number of halogens is 5. The largest absolute Gasteiger partial charge is 0.493 e. The van der Waals surface area contributed by atoms with Crippen LogP contribution in [0, 0.1) is 0 Å². The Hall–Kier alpha value is -3.71. The van der Waals surface area contributed by atoms with E-state index < -0.39 is 46.4 Å². The molecule has 0 saturated carbocycles. The molecule has 5 rings (SSSR count). The van der Waals surface area contributed by atoms with Gasteiger partial charge in [0.1, 0.15) is 11.8 Å². The van der Waals surface area contributed by atoms with Crippen LogP contribution in [0.3, 0.4) is 0 Å². The summed E-state index contributed by atoms with van der Waals surface area (Å²) in [6, 6.07) is 6.99. The second-order valence-corrected chi connectivity index (χ2v) is 12.3. The predicted molar refractivity (Wildman–Crippen MR) is 149 cm³/mol. The van der Waals surface area contributed by atoms with Gasteiger partial charge in [0, 0.05) is 23.6 Å². The average Bonchev–Trinajstić information content (AvgIpc) is 3.58. The highest BCUT2D eigenvalue weighted by molar-refractivity contribution is 7.10. The molecule has 2 aromatic carbocycles. The van der Waals surface area contributed by atoms with Crippen molar-refractivity contribution >= 4 is 40.8 Å². The number of carbonyl (C=O) groups is 1. The third kappa shape index (κ3) is 5.93. The van der Waals surface area contributed by atoms with Crippen LogP contribution in [-0.2, 0) is 17.3 Å². The maximum atomic E-state index is 15.2. The van der Waals surface area contributed by atoms with Gasteiger partial charge in [-0.05, 0) is 61.4 Å². The third-order valence-corrected chi connectivity index (χ3v) is 8.02. The number of benzene rings is 2. The predicted octanol–water partition coefficient (Wildman–Crippen LogP) is 4.83. The highest BCUT2D eigenvalue weighted by atomic mass is 35.5. The smallest absolute Gasteiger partial charge is 0.416 e. The molecule has 3 aromatic rings. The Morgan fingerprint density at radius 1 is 1.17 bits per heavy atom. The summed E-state index contributed by atoms with van der Waals surface area (Å²) in [6.45, 7) is 4.37. The molecule has 14 heteroatoms. The quantitative estimate of drug-likeness (QED) is 0.421. The zero-order valence-electron chi connectivity index (χ0n) is 22.6. The molecule has 0 bridgehead atoms. The van der Waals surface area contributed by atoms with Gasteiger partial charge in [0.05, 0.1) is 34.6 Å². The summed E-state index contributed by atoms with van der Waals surface area (Å²) in [5, 5.41) is 20.0. The van der Waals surface area contributed by atoms with E-state index in [4.69, 9.17) is 16.3 Å². The first-order valence-corrected chi connectivity index (χ1v) is 14.0. The van der Waals surface area contributed by atoms with E-state index in [0.29, 0.717) is 27.5 Å². The van der Waals surface area contributed by atoms with E-state index >= 15 is 4.39 Å². The van der Waals surface area contributed by atoms with Gasteiger partial charge in [0.2, 0.25) is 5.88 Å². The molecule has 1 fully saturated rings. The van der Waals surface area contributed by atoms with Gasteiger partial charge in [-0.3, -0.25) is 9.36 Å².